The minimum atomic E-state index is -2.24. The summed E-state index contributed by atoms with van der Waals surface area (Å²) in [5, 5.41) is 0.966. The molecule has 12 aromatic heterocycles. The molecule has 0 aromatic carbocycles. The van der Waals surface area contributed by atoms with Crippen LogP contribution < -0.4 is 27.0 Å². The van der Waals surface area contributed by atoms with Gasteiger partial charge >= 0.3 is 0 Å². The first-order chi connectivity index (χ1) is 42.8. The fraction of sp³-hybridized carbons (Fsp3) is 0.342. The summed E-state index contributed by atoms with van der Waals surface area (Å²) in [6, 6.07) is 58.6. The van der Waals surface area contributed by atoms with E-state index in [1.807, 2.05) is 102 Å². The average Bonchev–Trinajstić information content (AvgIpc) is 1.15. The molecule has 0 atom stereocenters. The fourth-order valence-electron chi connectivity index (χ4n) is 12.6. The van der Waals surface area contributed by atoms with Crippen LogP contribution in [0.4, 0.5) is 0 Å². The number of hydrogen-bond acceptors (Lipinski definition) is 12. The van der Waals surface area contributed by atoms with Crippen LogP contribution in [0.1, 0.15) is 62.3 Å². The first-order valence-corrected chi connectivity index (χ1v) is 65.4. The van der Waals surface area contributed by atoms with Crippen LogP contribution in [-0.2, 0) is 0 Å². The lowest BCUT2D eigenvalue weighted by Gasteiger charge is -2.57. The largest absolute Gasteiger partial charge is 0.144 e. The van der Waals surface area contributed by atoms with Gasteiger partial charge in [0.2, 0.25) is 0 Å². The Balaban J connectivity index is 0.852. The maximum atomic E-state index is 2.97. The Morgan fingerprint density at radius 2 is 0.293 bits per heavy atom. The van der Waals surface area contributed by atoms with Crippen molar-refractivity contribution < 1.29 is 0 Å². The van der Waals surface area contributed by atoms with Crippen molar-refractivity contribution in [3.8, 4) is 87.8 Å². The predicted molar refractivity (Wildman–Crippen MR) is 456 cm³/mol. The van der Waals surface area contributed by atoms with E-state index in [4.69, 9.17) is 0 Å². The molecule has 0 aliphatic carbocycles. The Hall–Kier alpha value is -2.08. The van der Waals surface area contributed by atoms with Crippen LogP contribution in [0.2, 0.25) is 100 Å². The summed E-state index contributed by atoms with van der Waals surface area (Å²) in [5.74, 6) is 0. The molecule has 0 saturated heterocycles. The molecule has 0 aliphatic heterocycles. The van der Waals surface area contributed by atoms with Gasteiger partial charge in [-0.15, -0.1) is 136 Å². The molecule has 12 rings (SSSR count). The molecule has 0 radical (unpaired) electrons. The summed E-state index contributed by atoms with van der Waals surface area (Å²) in [6.45, 7) is 54.9. The van der Waals surface area contributed by atoms with Gasteiger partial charge in [0.1, 0.15) is 0 Å². The SMILES string of the molecule is CC(C)(C)[Si](C)(C)c1ccc(-c2ccc(-c3ccc(-c4ccc([Si](C)(C)[Si](C)([Si](C)(C)c5ccc(-c6ccc(-c7ccc(-c8ccc([Si](C)(C)C(C)(C)C)s8)s7)s6)s5)[Si](C)(C)c5ccc(-c6ccc(-c7ccc(-c8ccc([Si](C)(C)C(C)(C)C)s8)s7)s6)s5)s4)s3)s2)s1. The van der Waals surface area contributed by atoms with E-state index < -0.39 is 53.6 Å². The van der Waals surface area contributed by atoms with Crippen molar-refractivity contribution in [2.24, 2.45) is 0 Å². The van der Waals surface area contributed by atoms with Gasteiger partial charge in [0.05, 0.1) is 53.6 Å². The molecule has 0 N–H and O–H groups in total. The molecule has 0 spiro atoms. The van der Waals surface area contributed by atoms with Gasteiger partial charge in [-0.1, -0.05) is 184 Å². The van der Waals surface area contributed by atoms with Crippen molar-refractivity contribution in [2.45, 2.75) is 163 Å². The summed E-state index contributed by atoms with van der Waals surface area (Å²) < 4.78 is 9.92. The van der Waals surface area contributed by atoms with Gasteiger partial charge in [0, 0.05) is 87.8 Å². The second-order valence-electron chi connectivity index (χ2n) is 31.6. The van der Waals surface area contributed by atoms with Gasteiger partial charge in [0.15, 0.2) is 0 Å². The second kappa shape index (κ2) is 25.0. The molecule has 0 unspecified atom stereocenters. The van der Waals surface area contributed by atoms with Crippen LogP contribution in [0, 0.1) is 0 Å². The molecular formula is C73H90S12Si7. The molecule has 92 heavy (non-hydrogen) atoms. The molecule has 19 heteroatoms. The zero-order chi connectivity index (χ0) is 66.3. The fourth-order valence-corrected chi connectivity index (χ4v) is 127. The lowest BCUT2D eigenvalue weighted by atomic mass is 10.2. The third-order valence-electron chi connectivity index (χ3n) is 22.5. The van der Waals surface area contributed by atoms with E-state index in [1.54, 1.807) is 27.0 Å². The van der Waals surface area contributed by atoms with Crippen molar-refractivity contribution in [1.82, 2.24) is 0 Å². The van der Waals surface area contributed by atoms with Gasteiger partial charge in [-0.3, -0.25) is 0 Å². The molecule has 0 fully saturated rings. The van der Waals surface area contributed by atoms with Crippen molar-refractivity contribution >= 4 is 217 Å². The number of hydrogen-bond donors (Lipinski definition) is 0. The Kier molecular flexibility index (Phi) is 18.9. The molecule has 482 valence electrons. The summed E-state index contributed by atoms with van der Waals surface area (Å²) in [4.78, 5) is 25.2. The molecule has 12 aromatic rings. The van der Waals surface area contributed by atoms with E-state index in [0.717, 1.165) is 0 Å². The van der Waals surface area contributed by atoms with E-state index in [-0.39, 0.29) is 0 Å². The van der Waals surface area contributed by atoms with Crippen molar-refractivity contribution in [1.29, 1.82) is 0 Å². The van der Waals surface area contributed by atoms with Crippen molar-refractivity contribution in [3.05, 3.63) is 146 Å². The monoisotopic (exact) mass is 1550 g/mol. The highest BCUT2D eigenvalue weighted by atomic mass is 32.1. The molecule has 0 bridgehead atoms. The third-order valence-corrected chi connectivity index (χ3v) is 135. The van der Waals surface area contributed by atoms with Gasteiger partial charge in [-0.05, 0) is 151 Å². The maximum absolute atomic E-state index is 2.97. The van der Waals surface area contributed by atoms with Crippen LogP contribution in [0.5, 0.6) is 0 Å². The van der Waals surface area contributed by atoms with Gasteiger partial charge in [-0.2, -0.15) is 0 Å². The molecule has 12 heterocycles. The quantitative estimate of drug-likeness (QED) is 0.0751. The average molecular weight is 1550 g/mol. The van der Waals surface area contributed by atoms with Crippen LogP contribution >= 0.6 is 136 Å². The Morgan fingerprint density at radius 3 is 0.446 bits per heavy atom. The van der Waals surface area contributed by atoms with Crippen LogP contribution in [0.15, 0.2) is 146 Å². The topological polar surface area (TPSA) is 0 Å². The highest BCUT2D eigenvalue weighted by Gasteiger charge is 2.66. The minimum Gasteiger partial charge on any atom is -0.144 e. The summed E-state index contributed by atoms with van der Waals surface area (Å²) in [5.41, 5.74) is 0. The number of rotatable bonds is 18. The van der Waals surface area contributed by atoms with Crippen molar-refractivity contribution in [2.75, 3.05) is 0 Å². The first-order valence-electron chi connectivity index (χ1n) is 32.1. The Labute approximate surface area is 605 Å². The third kappa shape index (κ3) is 12.3. The summed E-state index contributed by atoms with van der Waals surface area (Å²) >= 11 is 24.4. The van der Waals surface area contributed by atoms with Gasteiger partial charge in [-0.25, -0.2) is 0 Å². The highest BCUT2D eigenvalue weighted by Crippen LogP contribution is 2.50. The van der Waals surface area contributed by atoms with Gasteiger partial charge < -0.3 is 0 Å². The molecular weight excluding hydrogens is 1460 g/mol. The van der Waals surface area contributed by atoms with E-state index in [2.05, 4.69) is 327 Å². The smallest absolute Gasteiger partial charge is 0.0987 e. The normalized spacial score (nSPS) is 13.8. The van der Waals surface area contributed by atoms with Gasteiger partial charge in [0.25, 0.3) is 0 Å². The van der Waals surface area contributed by atoms with E-state index in [0.29, 0.717) is 15.1 Å². The molecule has 0 saturated carbocycles. The lowest BCUT2D eigenvalue weighted by Crippen LogP contribution is -2.90. The van der Waals surface area contributed by atoms with Crippen LogP contribution in [0.3, 0.4) is 0 Å². The zero-order valence-corrected chi connectivity index (χ0v) is 74.6. The highest BCUT2D eigenvalue weighted by molar-refractivity contribution is 7.96. The van der Waals surface area contributed by atoms with E-state index in [1.165, 1.54) is 87.8 Å². The number of thiophene rings is 12. The maximum Gasteiger partial charge on any atom is 0.0987 e. The van der Waals surface area contributed by atoms with Crippen LogP contribution in [0.25, 0.3) is 87.8 Å². The second-order valence-corrected chi connectivity index (χ2v) is 101. The Bertz CT molecular complexity index is 4140. The van der Waals surface area contributed by atoms with E-state index in [9.17, 15) is 0 Å². The zero-order valence-electron chi connectivity index (χ0n) is 57.8. The summed E-state index contributed by atoms with van der Waals surface area (Å²) in [7, 11) is -11.3. The first kappa shape index (κ1) is 69.8. The lowest BCUT2D eigenvalue weighted by molar-refractivity contribution is 0.730. The molecule has 0 aliphatic rings. The Morgan fingerprint density at radius 1 is 0.174 bits per heavy atom. The van der Waals surface area contributed by atoms with Crippen molar-refractivity contribution in [3.63, 3.8) is 0 Å². The summed E-state index contributed by atoms with van der Waals surface area (Å²) in [6.07, 6.45) is 0. The predicted octanol–water partition coefficient (Wildman–Crippen LogP) is 26.0. The van der Waals surface area contributed by atoms with Crippen LogP contribution in [-0.4, -0.2) is 53.6 Å². The molecule has 0 amide bonds. The standard InChI is InChI=1S/C73H90S12Si7/c1-71(2,3)86(10,11)65-41-35-59(80-65)53-29-23-47(74-53)50-26-32-56(77-50)62-38-44-68(83-62)89(16,17)92(22,90(18,19)69-45-39-63(84-69)57-33-27-51(78-57)48-24-30-54(75-48)60-36-42-66(81-60)87(12,13)72(4,5)6)91(20,21)70-46-40-64(85-70)58-34-28-52(79-58)49-25-31-55(76-49)61-37-43-67(82-61)88(14,15)73(7,8)9/h23-46H,1-22H3. The minimum absolute atomic E-state index is 0.322. The van der Waals surface area contributed by atoms with E-state index >= 15 is 0 Å². The molecule has 0 nitrogen and oxygen atoms in total.